The first-order valence-corrected chi connectivity index (χ1v) is 8.45. The SMILES string of the molecule is CCCCCC[Si](OC)(OC)C(Cl)CC. The average Bonchev–Trinajstić information content (AvgIpc) is 2.29. The summed E-state index contributed by atoms with van der Waals surface area (Å²) in [4.78, 5) is 0. The Hall–Kier alpha value is 0.427. The van der Waals surface area contributed by atoms with E-state index in [0.29, 0.717) is 0 Å². The first kappa shape index (κ1) is 15.4. The highest BCUT2D eigenvalue weighted by atomic mass is 35.5. The van der Waals surface area contributed by atoms with Crippen LogP contribution < -0.4 is 0 Å². The van der Waals surface area contributed by atoms with E-state index in [4.69, 9.17) is 20.5 Å². The summed E-state index contributed by atoms with van der Waals surface area (Å²) >= 11 is 6.31. The number of hydrogen-bond donors (Lipinski definition) is 0. The van der Waals surface area contributed by atoms with Gasteiger partial charge in [0.25, 0.3) is 0 Å². The molecule has 2 nitrogen and oxygen atoms in total. The molecular weight excluding hydrogens is 228 g/mol. The average molecular weight is 253 g/mol. The first-order chi connectivity index (χ1) is 7.16. The number of hydrogen-bond acceptors (Lipinski definition) is 2. The van der Waals surface area contributed by atoms with Gasteiger partial charge in [-0.25, -0.2) is 0 Å². The molecule has 0 aliphatic carbocycles. The number of rotatable bonds is 9. The Bertz CT molecular complexity index is 152. The topological polar surface area (TPSA) is 18.5 Å². The zero-order valence-electron chi connectivity index (χ0n) is 10.5. The molecule has 0 aromatic carbocycles. The molecule has 0 spiro atoms. The van der Waals surface area contributed by atoms with Crippen LogP contribution in [0.25, 0.3) is 0 Å². The fraction of sp³-hybridized carbons (Fsp3) is 1.00. The third-order valence-corrected chi connectivity index (χ3v) is 8.01. The van der Waals surface area contributed by atoms with Gasteiger partial charge in [-0.3, -0.25) is 0 Å². The minimum atomic E-state index is -2.13. The van der Waals surface area contributed by atoms with E-state index in [9.17, 15) is 0 Å². The van der Waals surface area contributed by atoms with Crippen LogP contribution in [0.4, 0.5) is 0 Å². The van der Waals surface area contributed by atoms with Crippen molar-refractivity contribution in [3.63, 3.8) is 0 Å². The predicted octanol–water partition coefficient (Wildman–Crippen LogP) is 3.86. The van der Waals surface area contributed by atoms with Crippen LogP contribution in [0.3, 0.4) is 0 Å². The lowest BCUT2D eigenvalue weighted by Crippen LogP contribution is -2.49. The van der Waals surface area contributed by atoms with E-state index in [1.54, 1.807) is 14.2 Å². The molecule has 0 radical (unpaired) electrons. The van der Waals surface area contributed by atoms with Gasteiger partial charge in [0.15, 0.2) is 0 Å². The summed E-state index contributed by atoms with van der Waals surface area (Å²) in [5.41, 5.74) is 0. The molecule has 15 heavy (non-hydrogen) atoms. The number of unbranched alkanes of at least 4 members (excludes halogenated alkanes) is 3. The lowest BCUT2D eigenvalue weighted by molar-refractivity contribution is 0.236. The monoisotopic (exact) mass is 252 g/mol. The van der Waals surface area contributed by atoms with Gasteiger partial charge in [-0.15, -0.1) is 11.6 Å². The molecule has 0 aromatic heterocycles. The Balaban J connectivity index is 4.12. The Kier molecular flexibility index (Phi) is 8.81. The van der Waals surface area contributed by atoms with E-state index in [-0.39, 0.29) is 5.00 Å². The van der Waals surface area contributed by atoms with Crippen molar-refractivity contribution in [2.45, 2.75) is 57.0 Å². The molecule has 0 N–H and O–H groups in total. The molecule has 0 saturated heterocycles. The summed E-state index contributed by atoms with van der Waals surface area (Å²) < 4.78 is 11.2. The van der Waals surface area contributed by atoms with Crippen molar-refractivity contribution >= 4 is 20.2 Å². The Morgan fingerprint density at radius 3 is 2.07 bits per heavy atom. The standard InChI is InChI=1S/C11H25ClO2Si/c1-5-7-8-9-10-15(13-3,14-4)11(12)6-2/h11H,5-10H2,1-4H3. The van der Waals surface area contributed by atoms with Crippen LogP contribution in [0.5, 0.6) is 0 Å². The van der Waals surface area contributed by atoms with Gasteiger partial charge < -0.3 is 8.85 Å². The van der Waals surface area contributed by atoms with E-state index in [0.717, 1.165) is 12.5 Å². The molecule has 0 fully saturated rings. The first-order valence-electron chi connectivity index (χ1n) is 5.91. The summed E-state index contributed by atoms with van der Waals surface area (Å²) in [7, 11) is 1.34. The fourth-order valence-corrected chi connectivity index (χ4v) is 5.44. The van der Waals surface area contributed by atoms with Gasteiger partial charge >= 0.3 is 8.56 Å². The third kappa shape index (κ3) is 4.85. The molecule has 92 valence electrons. The zero-order chi connectivity index (χ0) is 11.7. The van der Waals surface area contributed by atoms with Crippen LogP contribution in [-0.4, -0.2) is 27.8 Å². The normalized spacial score (nSPS) is 14.2. The maximum Gasteiger partial charge on any atom is 0.356 e. The number of halogens is 1. The summed E-state index contributed by atoms with van der Waals surface area (Å²) in [5.74, 6) is 0. The van der Waals surface area contributed by atoms with Crippen LogP contribution in [-0.2, 0) is 8.85 Å². The van der Waals surface area contributed by atoms with Gasteiger partial charge in [0.2, 0.25) is 0 Å². The van der Waals surface area contributed by atoms with Crippen LogP contribution in [0.15, 0.2) is 0 Å². The molecule has 1 unspecified atom stereocenters. The lowest BCUT2D eigenvalue weighted by atomic mass is 10.2. The molecule has 0 rings (SSSR count). The van der Waals surface area contributed by atoms with E-state index in [2.05, 4.69) is 13.8 Å². The summed E-state index contributed by atoms with van der Waals surface area (Å²) in [6.07, 6.45) is 5.89. The second-order valence-corrected chi connectivity index (χ2v) is 8.44. The van der Waals surface area contributed by atoms with Crippen molar-refractivity contribution in [1.82, 2.24) is 0 Å². The van der Waals surface area contributed by atoms with Crippen molar-refractivity contribution in [1.29, 1.82) is 0 Å². The summed E-state index contributed by atoms with van der Waals surface area (Å²) in [5, 5.41) is 0.0640. The van der Waals surface area contributed by atoms with E-state index in [1.807, 2.05) is 0 Å². The van der Waals surface area contributed by atoms with Crippen molar-refractivity contribution < 1.29 is 8.85 Å². The maximum atomic E-state index is 6.31. The Labute approximate surface area is 101 Å². The smallest absolute Gasteiger partial charge is 0.356 e. The van der Waals surface area contributed by atoms with Crippen LogP contribution in [0.2, 0.25) is 6.04 Å². The fourth-order valence-electron chi connectivity index (χ4n) is 1.81. The molecule has 0 saturated carbocycles. The second-order valence-electron chi connectivity index (χ2n) is 3.91. The van der Waals surface area contributed by atoms with Crippen molar-refractivity contribution in [2.75, 3.05) is 14.2 Å². The van der Waals surface area contributed by atoms with Gasteiger partial charge in [0.05, 0.1) is 5.00 Å². The molecular formula is C11H25ClO2Si. The largest absolute Gasteiger partial charge is 0.397 e. The van der Waals surface area contributed by atoms with Gasteiger partial charge in [-0.2, -0.15) is 0 Å². The van der Waals surface area contributed by atoms with Crippen molar-refractivity contribution in [3.8, 4) is 0 Å². The molecule has 4 heteroatoms. The molecule has 0 aliphatic heterocycles. The van der Waals surface area contributed by atoms with Crippen molar-refractivity contribution in [2.24, 2.45) is 0 Å². The van der Waals surface area contributed by atoms with Gasteiger partial charge in [0.1, 0.15) is 0 Å². The second kappa shape index (κ2) is 8.56. The van der Waals surface area contributed by atoms with Gasteiger partial charge in [-0.1, -0.05) is 39.5 Å². The van der Waals surface area contributed by atoms with Gasteiger partial charge in [0, 0.05) is 14.2 Å². The highest BCUT2D eigenvalue weighted by molar-refractivity contribution is 6.76. The summed E-state index contributed by atoms with van der Waals surface area (Å²) in [6, 6.07) is 1.02. The highest BCUT2D eigenvalue weighted by Gasteiger charge is 2.41. The number of alkyl halides is 1. The van der Waals surface area contributed by atoms with E-state index >= 15 is 0 Å². The molecule has 0 heterocycles. The van der Waals surface area contributed by atoms with E-state index < -0.39 is 8.56 Å². The molecule has 1 atom stereocenters. The van der Waals surface area contributed by atoms with Crippen LogP contribution in [0, 0.1) is 0 Å². The zero-order valence-corrected chi connectivity index (χ0v) is 12.3. The third-order valence-electron chi connectivity index (χ3n) is 2.91. The minimum absolute atomic E-state index is 0.0640. The van der Waals surface area contributed by atoms with Crippen molar-refractivity contribution in [3.05, 3.63) is 0 Å². The molecule has 0 bridgehead atoms. The summed E-state index contributed by atoms with van der Waals surface area (Å²) in [6.45, 7) is 4.30. The quantitative estimate of drug-likeness (QED) is 0.353. The predicted molar refractivity (Wildman–Crippen MR) is 68.7 cm³/mol. The van der Waals surface area contributed by atoms with Crippen LogP contribution >= 0.6 is 11.6 Å². The minimum Gasteiger partial charge on any atom is -0.397 e. The Morgan fingerprint density at radius 1 is 1.07 bits per heavy atom. The lowest BCUT2D eigenvalue weighted by Gasteiger charge is -2.31. The molecule has 0 aliphatic rings. The van der Waals surface area contributed by atoms with E-state index in [1.165, 1.54) is 25.7 Å². The Morgan fingerprint density at radius 2 is 1.67 bits per heavy atom. The van der Waals surface area contributed by atoms with Crippen LogP contribution in [0.1, 0.15) is 46.0 Å². The maximum absolute atomic E-state index is 6.31. The molecule has 0 amide bonds. The molecule has 0 aromatic rings. The van der Waals surface area contributed by atoms with Gasteiger partial charge in [-0.05, 0) is 12.5 Å². The highest BCUT2D eigenvalue weighted by Crippen LogP contribution is 2.26.